The number of nitrogens with two attached hydrogens (primary N) is 1. The molecular weight excluding hydrogens is 712 g/mol. The largest absolute Gasteiger partial charge is 0.501 e. The van der Waals surface area contributed by atoms with Crippen LogP contribution in [0.1, 0.15) is 29.2 Å². The van der Waals surface area contributed by atoms with Crippen LogP contribution in [-0.2, 0) is 37.2 Å². The zero-order valence-electron chi connectivity index (χ0n) is 26.6. The first kappa shape index (κ1) is 38.2. The molecule has 0 radical (unpaired) electrons. The van der Waals surface area contributed by atoms with Gasteiger partial charge in [0, 0.05) is 43.0 Å². The fraction of sp³-hybridized carbons (Fsp3) is 0.250. The van der Waals surface area contributed by atoms with E-state index in [-0.39, 0.29) is 24.1 Å². The molecule has 0 saturated heterocycles. The molecular formula is C32H29F6N5O7S. The maximum Gasteiger partial charge on any atom is 0.501 e. The second kappa shape index (κ2) is 14.7. The van der Waals surface area contributed by atoms with Gasteiger partial charge in [0.1, 0.15) is 17.6 Å². The number of aryl methyl sites for hydroxylation is 1. The van der Waals surface area contributed by atoms with Gasteiger partial charge in [0.15, 0.2) is 0 Å². The number of pyridine rings is 1. The maximum atomic E-state index is 14.1. The highest BCUT2D eigenvalue weighted by atomic mass is 32.2. The molecule has 2 amide bonds. The number of nitrogens with zero attached hydrogens (tertiary/aromatic N) is 2. The van der Waals surface area contributed by atoms with Crippen molar-refractivity contribution in [1.29, 1.82) is 0 Å². The summed E-state index contributed by atoms with van der Waals surface area (Å²) in [5.74, 6) is -2.93. The van der Waals surface area contributed by atoms with E-state index in [2.05, 4.69) is 15.6 Å². The summed E-state index contributed by atoms with van der Waals surface area (Å²) < 4.78 is 103. The summed E-state index contributed by atoms with van der Waals surface area (Å²) in [6.07, 6.45) is -3.34. The van der Waals surface area contributed by atoms with Gasteiger partial charge in [-0.3, -0.25) is 9.59 Å². The number of nitrogen functional groups attached to an aromatic ring is 1. The molecule has 5 rings (SSSR count). The molecule has 12 nitrogen and oxygen atoms in total. The molecule has 0 aliphatic carbocycles. The van der Waals surface area contributed by atoms with E-state index < -0.39 is 56.8 Å². The molecule has 1 aromatic heterocycles. The fourth-order valence-corrected chi connectivity index (χ4v) is 6.08. The first-order valence-corrected chi connectivity index (χ1v) is 16.1. The number of rotatable bonds is 4. The standard InChI is InChI=1S/C30H28F3N5O5S.C2HF3O2/c1-38-16-20-15-21(6-9-25(20)44(41,42)30(31,32)33)36-26(39)10-4-18-13-19(3-8-24(18)43-2)27(29(38)40)37-22-5-7-23-17(14-22)11-12-35-28(23)34;3-2(4,5)1(6)7/h3,5-9,11-15,27,37H,4,10,16H2,1-2H3,(H2,34,35)(H,36,39);(H,6,7)/t27-;/m1./s1. The van der Waals surface area contributed by atoms with Gasteiger partial charge in [-0.05, 0) is 83.1 Å². The topological polar surface area (TPSA) is 181 Å². The van der Waals surface area contributed by atoms with Crippen LogP contribution in [0.2, 0.25) is 0 Å². The lowest BCUT2D eigenvalue weighted by atomic mass is 9.98. The number of carbonyl (C=O) groups excluding carboxylic acids is 2. The molecule has 0 fully saturated rings. The van der Waals surface area contributed by atoms with Crippen LogP contribution in [-0.4, -0.2) is 67.0 Å². The number of sulfone groups is 1. The van der Waals surface area contributed by atoms with Gasteiger partial charge in [-0.2, -0.15) is 26.3 Å². The Bertz CT molecular complexity index is 2090. The molecule has 51 heavy (non-hydrogen) atoms. The molecule has 272 valence electrons. The lowest BCUT2D eigenvalue weighted by molar-refractivity contribution is -0.192. The average Bonchev–Trinajstić information content (AvgIpc) is 3.05. The summed E-state index contributed by atoms with van der Waals surface area (Å²) in [6.45, 7) is -0.506. The molecule has 0 unspecified atom stereocenters. The first-order valence-electron chi connectivity index (χ1n) is 14.6. The normalized spacial score (nSPS) is 15.6. The molecule has 1 aliphatic rings. The van der Waals surface area contributed by atoms with Crippen LogP contribution in [0.15, 0.2) is 71.8 Å². The van der Waals surface area contributed by atoms with E-state index in [9.17, 15) is 44.3 Å². The van der Waals surface area contributed by atoms with E-state index in [0.717, 1.165) is 28.5 Å². The number of methoxy groups -OCH3 is 1. The number of aliphatic carboxylic acids is 1. The van der Waals surface area contributed by atoms with Gasteiger partial charge in [0.2, 0.25) is 11.8 Å². The number of carboxylic acid groups (broad SMARTS) is 1. The molecule has 4 bridgehead atoms. The quantitative estimate of drug-likeness (QED) is 0.197. The highest BCUT2D eigenvalue weighted by Crippen LogP contribution is 2.35. The van der Waals surface area contributed by atoms with E-state index in [1.165, 1.54) is 14.2 Å². The Morgan fingerprint density at radius 1 is 1.00 bits per heavy atom. The number of likely N-dealkylation sites (N-methyl/N-ethyl adjacent to an activating group) is 1. The highest BCUT2D eigenvalue weighted by Gasteiger charge is 2.48. The third-order valence-corrected chi connectivity index (χ3v) is 9.16. The van der Waals surface area contributed by atoms with Crippen molar-refractivity contribution in [2.45, 2.75) is 42.0 Å². The zero-order valence-corrected chi connectivity index (χ0v) is 27.4. The number of ether oxygens (including phenoxy) is 1. The summed E-state index contributed by atoms with van der Waals surface area (Å²) in [5.41, 5.74) is 1.87. The van der Waals surface area contributed by atoms with Crippen molar-refractivity contribution in [1.82, 2.24) is 9.88 Å². The van der Waals surface area contributed by atoms with E-state index in [0.29, 0.717) is 33.8 Å². The molecule has 4 aromatic rings. The van der Waals surface area contributed by atoms with E-state index in [1.54, 1.807) is 48.7 Å². The monoisotopic (exact) mass is 741 g/mol. The van der Waals surface area contributed by atoms with Crippen LogP contribution in [0.4, 0.5) is 43.5 Å². The number of carbonyl (C=O) groups is 3. The third-order valence-electron chi connectivity index (χ3n) is 7.58. The number of halogens is 6. The number of amides is 2. The predicted molar refractivity (Wildman–Crippen MR) is 172 cm³/mol. The molecule has 0 saturated carbocycles. The maximum absolute atomic E-state index is 14.1. The van der Waals surface area contributed by atoms with Gasteiger partial charge in [0.25, 0.3) is 9.84 Å². The van der Waals surface area contributed by atoms with Crippen molar-refractivity contribution in [2.24, 2.45) is 0 Å². The van der Waals surface area contributed by atoms with Crippen molar-refractivity contribution in [3.05, 3.63) is 83.6 Å². The fourth-order valence-electron chi connectivity index (χ4n) is 5.11. The Hall–Kier alpha value is -5.59. The van der Waals surface area contributed by atoms with Gasteiger partial charge in [0.05, 0.1) is 12.0 Å². The van der Waals surface area contributed by atoms with Crippen LogP contribution in [0.25, 0.3) is 10.8 Å². The van der Waals surface area contributed by atoms with Crippen molar-refractivity contribution >= 4 is 55.6 Å². The second-order valence-corrected chi connectivity index (χ2v) is 13.0. The zero-order chi connectivity index (χ0) is 37.9. The van der Waals surface area contributed by atoms with Crippen molar-refractivity contribution in [2.75, 3.05) is 30.5 Å². The number of hydrogen-bond donors (Lipinski definition) is 4. The average molecular weight is 742 g/mol. The number of aromatic nitrogens is 1. The first-order chi connectivity index (χ1) is 23.7. The van der Waals surface area contributed by atoms with Gasteiger partial charge in [-0.1, -0.05) is 6.07 Å². The summed E-state index contributed by atoms with van der Waals surface area (Å²) >= 11 is 0. The molecule has 19 heteroatoms. The molecule has 1 atom stereocenters. The number of fused-ring (bicyclic) bond motifs is 5. The molecule has 1 aliphatic heterocycles. The van der Waals surface area contributed by atoms with E-state index >= 15 is 0 Å². The number of hydrogen-bond acceptors (Lipinski definition) is 9. The lowest BCUT2D eigenvalue weighted by Crippen LogP contribution is -2.36. The smallest absolute Gasteiger partial charge is 0.496 e. The third kappa shape index (κ3) is 8.77. The van der Waals surface area contributed by atoms with Crippen molar-refractivity contribution in [3.63, 3.8) is 0 Å². The number of nitrogens with one attached hydrogen (secondary N) is 2. The molecule has 3 aromatic carbocycles. The van der Waals surface area contributed by atoms with E-state index in [1.807, 2.05) is 0 Å². The van der Waals surface area contributed by atoms with Gasteiger partial charge in [-0.25, -0.2) is 18.2 Å². The summed E-state index contributed by atoms with van der Waals surface area (Å²) in [4.78, 5) is 40.0. The Balaban J connectivity index is 0.000000755. The van der Waals surface area contributed by atoms with Crippen LogP contribution in [0, 0.1) is 0 Å². The number of alkyl halides is 6. The Morgan fingerprint density at radius 2 is 1.69 bits per heavy atom. The Morgan fingerprint density at radius 3 is 2.31 bits per heavy atom. The molecule has 2 heterocycles. The molecule has 5 N–H and O–H groups in total. The summed E-state index contributed by atoms with van der Waals surface area (Å²) in [7, 11) is -2.93. The minimum absolute atomic E-state index is 0.0240. The van der Waals surface area contributed by atoms with Gasteiger partial charge >= 0.3 is 17.7 Å². The number of benzene rings is 3. The Labute approximate surface area is 286 Å². The van der Waals surface area contributed by atoms with Crippen LogP contribution in [0.3, 0.4) is 0 Å². The van der Waals surface area contributed by atoms with Crippen LogP contribution < -0.4 is 21.1 Å². The minimum Gasteiger partial charge on any atom is -0.496 e. The lowest BCUT2D eigenvalue weighted by Gasteiger charge is -2.28. The van der Waals surface area contributed by atoms with Gasteiger partial charge in [-0.15, -0.1) is 0 Å². The highest BCUT2D eigenvalue weighted by molar-refractivity contribution is 7.92. The number of anilines is 3. The van der Waals surface area contributed by atoms with Crippen LogP contribution in [0.5, 0.6) is 5.75 Å². The predicted octanol–water partition coefficient (Wildman–Crippen LogP) is 5.45. The minimum atomic E-state index is -5.77. The van der Waals surface area contributed by atoms with Crippen molar-refractivity contribution < 1.29 is 59.0 Å². The molecule has 0 spiro atoms. The number of carboxylic acids is 1. The van der Waals surface area contributed by atoms with E-state index in [4.69, 9.17) is 20.4 Å². The Kier molecular flexibility index (Phi) is 11.0. The summed E-state index contributed by atoms with van der Waals surface area (Å²) in [6, 6.07) is 14.0. The second-order valence-electron chi connectivity index (χ2n) is 11.1. The SMILES string of the molecule is COc1ccc2cc1CCC(=O)Nc1ccc(S(=O)(=O)C(F)(F)F)c(c1)CN(C)C(=O)[C@@H]2Nc1ccc2c(N)nccc2c1.O=C(O)C(F)(F)F. The summed E-state index contributed by atoms with van der Waals surface area (Å²) in [5, 5.41) is 14.4. The van der Waals surface area contributed by atoms with Crippen molar-refractivity contribution in [3.8, 4) is 5.75 Å². The van der Waals surface area contributed by atoms with Crippen LogP contribution >= 0.6 is 0 Å². The van der Waals surface area contributed by atoms with Gasteiger partial charge < -0.3 is 31.1 Å².